The first-order chi connectivity index (χ1) is 19.4. The van der Waals surface area contributed by atoms with Gasteiger partial charge in [0.25, 0.3) is 10.0 Å². The van der Waals surface area contributed by atoms with Crippen molar-refractivity contribution < 1.29 is 31.1 Å². The molecule has 1 aromatic heterocycles. The van der Waals surface area contributed by atoms with Crippen LogP contribution in [0.1, 0.15) is 22.5 Å². The molecule has 41 heavy (non-hydrogen) atoms. The Hall–Kier alpha value is -4.16. The SMILES string of the molecule is Cc1ccc(S(=O)(=O)NC(=O)OCCc2ccc(-n3c(C4=NCC=C4)nc4cc(C(F)(F)F)c(Cl)cc43)cc2)cc1. The summed E-state index contributed by atoms with van der Waals surface area (Å²) in [6, 6.07) is 15.2. The highest BCUT2D eigenvalue weighted by molar-refractivity contribution is 7.90. The number of hydrogen-bond donors (Lipinski definition) is 1. The molecule has 2 heterocycles. The predicted octanol–water partition coefficient (Wildman–Crippen LogP) is 6.02. The van der Waals surface area contributed by atoms with Crippen molar-refractivity contribution >= 4 is 44.5 Å². The molecule has 0 atom stereocenters. The summed E-state index contributed by atoms with van der Waals surface area (Å²) in [4.78, 5) is 20.8. The Balaban J connectivity index is 1.32. The van der Waals surface area contributed by atoms with Crippen LogP contribution in [0.5, 0.6) is 0 Å². The van der Waals surface area contributed by atoms with Gasteiger partial charge in [0.05, 0.1) is 39.7 Å². The van der Waals surface area contributed by atoms with E-state index in [0.717, 1.165) is 17.2 Å². The highest BCUT2D eigenvalue weighted by Crippen LogP contribution is 2.38. The molecular weight excluding hydrogens is 581 g/mol. The largest absolute Gasteiger partial charge is 0.448 e. The van der Waals surface area contributed by atoms with Gasteiger partial charge < -0.3 is 4.74 Å². The third-order valence-electron chi connectivity index (χ3n) is 6.29. The van der Waals surface area contributed by atoms with Gasteiger partial charge >= 0.3 is 12.3 Å². The van der Waals surface area contributed by atoms with Gasteiger partial charge in [0, 0.05) is 12.1 Å². The van der Waals surface area contributed by atoms with Crippen LogP contribution in [0.15, 0.2) is 82.7 Å². The molecule has 212 valence electrons. The lowest BCUT2D eigenvalue weighted by Gasteiger charge is -2.12. The van der Waals surface area contributed by atoms with Crippen LogP contribution in [0.2, 0.25) is 5.02 Å². The number of carbonyl (C=O) groups excluding carboxylic acids is 1. The lowest BCUT2D eigenvalue weighted by Crippen LogP contribution is -2.31. The molecule has 0 bridgehead atoms. The quantitative estimate of drug-likeness (QED) is 0.279. The number of aliphatic imine (C=N–C) groups is 1. The van der Waals surface area contributed by atoms with Crippen LogP contribution in [0, 0.1) is 6.92 Å². The zero-order valence-corrected chi connectivity index (χ0v) is 23.0. The molecule has 3 aromatic carbocycles. The molecule has 13 heteroatoms. The van der Waals surface area contributed by atoms with Crippen molar-refractivity contribution in [1.82, 2.24) is 14.3 Å². The van der Waals surface area contributed by atoms with Gasteiger partial charge in [-0.3, -0.25) is 9.56 Å². The summed E-state index contributed by atoms with van der Waals surface area (Å²) in [5.74, 6) is 0.367. The molecule has 0 saturated carbocycles. The first-order valence-corrected chi connectivity index (χ1v) is 14.1. The van der Waals surface area contributed by atoms with Crippen LogP contribution < -0.4 is 4.72 Å². The van der Waals surface area contributed by atoms with Crippen molar-refractivity contribution in [3.63, 3.8) is 0 Å². The summed E-state index contributed by atoms with van der Waals surface area (Å²) in [5.41, 5.74) is 2.29. The zero-order valence-electron chi connectivity index (χ0n) is 21.4. The van der Waals surface area contributed by atoms with E-state index < -0.39 is 32.9 Å². The lowest BCUT2D eigenvalue weighted by atomic mass is 10.1. The Morgan fingerprint density at radius 1 is 1.10 bits per heavy atom. The fraction of sp³-hybridized carbons (Fsp3) is 0.179. The molecule has 1 N–H and O–H groups in total. The molecule has 4 aromatic rings. The molecule has 0 radical (unpaired) electrons. The number of fused-ring (bicyclic) bond motifs is 1. The van der Waals surface area contributed by atoms with Gasteiger partial charge in [-0.25, -0.2) is 22.9 Å². The number of sulfonamides is 1. The summed E-state index contributed by atoms with van der Waals surface area (Å²) in [5, 5.41) is -0.446. The topological polar surface area (TPSA) is 103 Å². The summed E-state index contributed by atoms with van der Waals surface area (Å²) in [6.45, 7) is 2.16. The first kappa shape index (κ1) is 28.4. The molecule has 0 aliphatic carbocycles. The van der Waals surface area contributed by atoms with Crippen LogP contribution in [0.4, 0.5) is 18.0 Å². The fourth-order valence-electron chi connectivity index (χ4n) is 4.25. The maximum absolute atomic E-state index is 13.5. The number of amides is 1. The number of aromatic nitrogens is 2. The van der Waals surface area contributed by atoms with Gasteiger partial charge in [-0.15, -0.1) is 0 Å². The van der Waals surface area contributed by atoms with E-state index in [1.54, 1.807) is 47.0 Å². The Morgan fingerprint density at radius 2 is 1.80 bits per heavy atom. The third-order valence-corrected chi connectivity index (χ3v) is 7.93. The number of ether oxygens (including phenoxy) is 1. The second-order valence-electron chi connectivity index (χ2n) is 9.19. The Kier molecular flexibility index (Phi) is 7.62. The number of imidazole rings is 1. The maximum Gasteiger partial charge on any atom is 0.421 e. The maximum atomic E-state index is 13.5. The molecule has 1 amide bonds. The Bertz CT molecular complexity index is 1800. The minimum absolute atomic E-state index is 0.0583. The average molecular weight is 603 g/mol. The average Bonchev–Trinajstić information content (AvgIpc) is 3.56. The van der Waals surface area contributed by atoms with E-state index in [2.05, 4.69) is 9.98 Å². The summed E-state index contributed by atoms with van der Waals surface area (Å²) >= 11 is 6.02. The predicted molar refractivity (Wildman–Crippen MR) is 148 cm³/mol. The fourth-order valence-corrected chi connectivity index (χ4v) is 5.41. The molecule has 1 aliphatic rings. The summed E-state index contributed by atoms with van der Waals surface area (Å²) in [7, 11) is -4.06. The number of rotatable bonds is 7. The van der Waals surface area contributed by atoms with Crippen molar-refractivity contribution in [3.8, 4) is 5.69 Å². The van der Waals surface area contributed by atoms with Gasteiger partial charge in [-0.1, -0.05) is 47.5 Å². The van der Waals surface area contributed by atoms with Gasteiger partial charge in [-0.05, 0) is 55.0 Å². The molecule has 0 saturated heterocycles. The number of carbonyl (C=O) groups is 1. The van der Waals surface area contributed by atoms with Gasteiger partial charge in [0.1, 0.15) is 5.71 Å². The van der Waals surface area contributed by atoms with Crippen molar-refractivity contribution in [3.05, 3.63) is 100 Å². The van der Waals surface area contributed by atoms with E-state index in [-0.39, 0.29) is 23.4 Å². The normalized spacial score (nSPS) is 13.4. The highest BCUT2D eigenvalue weighted by atomic mass is 35.5. The summed E-state index contributed by atoms with van der Waals surface area (Å²) in [6.07, 6.45) is -1.88. The van der Waals surface area contributed by atoms with E-state index in [1.165, 1.54) is 18.2 Å². The van der Waals surface area contributed by atoms with Crippen LogP contribution in [-0.2, 0) is 27.4 Å². The monoisotopic (exact) mass is 602 g/mol. The van der Waals surface area contributed by atoms with Gasteiger partial charge in [0.2, 0.25) is 0 Å². The van der Waals surface area contributed by atoms with E-state index in [0.29, 0.717) is 29.3 Å². The van der Waals surface area contributed by atoms with Gasteiger partial charge in [0.15, 0.2) is 5.82 Å². The number of nitrogens with zero attached hydrogens (tertiary/aromatic N) is 3. The molecule has 0 fully saturated rings. The van der Waals surface area contributed by atoms with E-state index in [4.69, 9.17) is 16.3 Å². The van der Waals surface area contributed by atoms with Crippen molar-refractivity contribution in [1.29, 1.82) is 0 Å². The first-order valence-electron chi connectivity index (χ1n) is 12.3. The second kappa shape index (κ2) is 11.0. The molecule has 5 rings (SSSR count). The molecule has 0 unspecified atom stereocenters. The Morgan fingerprint density at radius 3 is 2.44 bits per heavy atom. The van der Waals surface area contributed by atoms with Crippen molar-refractivity contribution in [2.45, 2.75) is 24.4 Å². The molecule has 0 spiro atoms. The smallest absolute Gasteiger partial charge is 0.421 e. The minimum atomic E-state index is -4.63. The molecule has 8 nitrogen and oxygen atoms in total. The lowest BCUT2D eigenvalue weighted by molar-refractivity contribution is -0.137. The number of halogens is 4. The molecule has 1 aliphatic heterocycles. The highest BCUT2D eigenvalue weighted by Gasteiger charge is 2.34. The van der Waals surface area contributed by atoms with Crippen LogP contribution in [-0.4, -0.2) is 42.9 Å². The van der Waals surface area contributed by atoms with E-state index in [9.17, 15) is 26.4 Å². The number of nitrogens with one attached hydrogen (secondary N) is 1. The standard InChI is InChI=1S/C28H22ClF3N4O4S/c1-17-4-10-20(11-5-17)41(38,39)35-27(37)40-14-12-18-6-8-19(9-7-18)36-25-16-22(29)21(28(30,31)32)15-24(25)34-26(36)23-3-2-13-33-23/h2-11,15-16H,12-14H2,1H3,(H,35,37). The number of hydrogen-bond acceptors (Lipinski definition) is 6. The van der Waals surface area contributed by atoms with Crippen LogP contribution in [0.3, 0.4) is 0 Å². The van der Waals surface area contributed by atoms with E-state index in [1.807, 2.05) is 17.7 Å². The zero-order chi connectivity index (χ0) is 29.4. The number of aryl methyl sites for hydroxylation is 1. The van der Waals surface area contributed by atoms with Crippen LogP contribution >= 0.6 is 11.6 Å². The van der Waals surface area contributed by atoms with Crippen molar-refractivity contribution in [2.75, 3.05) is 13.2 Å². The van der Waals surface area contributed by atoms with Crippen molar-refractivity contribution in [2.24, 2.45) is 4.99 Å². The second-order valence-corrected chi connectivity index (χ2v) is 11.3. The Labute approximate surface area is 238 Å². The third kappa shape index (κ3) is 6.13. The van der Waals surface area contributed by atoms with E-state index >= 15 is 0 Å². The summed E-state index contributed by atoms with van der Waals surface area (Å²) < 4.78 is 73.7. The number of alkyl halides is 3. The van der Waals surface area contributed by atoms with Gasteiger partial charge in [-0.2, -0.15) is 13.2 Å². The molecular formula is C28H22ClF3N4O4S. The van der Waals surface area contributed by atoms with Crippen LogP contribution in [0.25, 0.3) is 16.7 Å². The minimum Gasteiger partial charge on any atom is -0.448 e. The number of benzene rings is 3. The number of allylic oxidation sites excluding steroid dienone is 1.